The molecule has 0 amide bonds. The summed E-state index contributed by atoms with van der Waals surface area (Å²) in [6, 6.07) is 5.36. The van der Waals surface area contributed by atoms with Crippen molar-refractivity contribution in [2.75, 3.05) is 6.61 Å². The van der Waals surface area contributed by atoms with Crippen LogP contribution in [0.1, 0.15) is 18.1 Å². The predicted molar refractivity (Wildman–Crippen MR) is 58.6 cm³/mol. The number of rotatable bonds is 3. The van der Waals surface area contributed by atoms with Crippen LogP contribution >= 0.6 is 0 Å². The zero-order valence-electron chi connectivity index (χ0n) is 8.86. The molecule has 1 rings (SSSR count). The fraction of sp³-hybridized carbons (Fsp3) is 0.250. The highest BCUT2D eigenvalue weighted by Crippen LogP contribution is 2.18. The van der Waals surface area contributed by atoms with E-state index in [1.54, 1.807) is 18.2 Å². The molecule has 0 atom stereocenters. The molecule has 0 aliphatic heterocycles. The van der Waals surface area contributed by atoms with E-state index < -0.39 is 0 Å². The molecule has 3 nitrogen and oxygen atoms in total. The Bertz CT molecular complexity index is 380. The average molecular weight is 206 g/mol. The maximum Gasteiger partial charge on any atom is 0.308 e. The summed E-state index contributed by atoms with van der Waals surface area (Å²) in [5.41, 5.74) is 2.00. The van der Waals surface area contributed by atoms with Crippen molar-refractivity contribution in [2.45, 2.75) is 13.8 Å². The topological polar surface area (TPSA) is 46.5 Å². The molecule has 80 valence electrons. The molecule has 0 spiro atoms. The first-order valence-electron chi connectivity index (χ1n) is 4.70. The lowest BCUT2D eigenvalue weighted by Gasteiger charge is -2.04. The Labute approximate surface area is 89.0 Å². The lowest BCUT2D eigenvalue weighted by Crippen LogP contribution is -2.01. The first kappa shape index (κ1) is 11.5. The van der Waals surface area contributed by atoms with Gasteiger partial charge >= 0.3 is 5.97 Å². The Morgan fingerprint density at radius 1 is 1.53 bits per heavy atom. The van der Waals surface area contributed by atoms with Crippen LogP contribution in [0.3, 0.4) is 0 Å². The van der Waals surface area contributed by atoms with Crippen molar-refractivity contribution in [3.63, 3.8) is 0 Å². The van der Waals surface area contributed by atoms with Gasteiger partial charge in [0.1, 0.15) is 5.75 Å². The van der Waals surface area contributed by atoms with Gasteiger partial charge in [-0.2, -0.15) is 0 Å². The predicted octanol–water partition coefficient (Wildman–Crippen LogP) is 1.93. The second-order valence-electron chi connectivity index (χ2n) is 3.20. The molecule has 1 aromatic rings. The molecule has 1 aromatic carbocycles. The van der Waals surface area contributed by atoms with Gasteiger partial charge in [0.2, 0.25) is 0 Å². The van der Waals surface area contributed by atoms with Crippen LogP contribution in [-0.2, 0) is 4.79 Å². The summed E-state index contributed by atoms with van der Waals surface area (Å²) in [4.78, 5) is 10.7. The van der Waals surface area contributed by atoms with Crippen molar-refractivity contribution in [3.05, 3.63) is 35.4 Å². The molecule has 0 aromatic heterocycles. The first-order chi connectivity index (χ1) is 7.13. The Morgan fingerprint density at radius 2 is 2.27 bits per heavy atom. The molecule has 3 heteroatoms. The van der Waals surface area contributed by atoms with Gasteiger partial charge in [0.05, 0.1) is 6.61 Å². The highest BCUT2D eigenvalue weighted by atomic mass is 16.5. The van der Waals surface area contributed by atoms with E-state index in [9.17, 15) is 4.79 Å². The van der Waals surface area contributed by atoms with Gasteiger partial charge in [-0.05, 0) is 30.2 Å². The molecule has 0 saturated heterocycles. The van der Waals surface area contributed by atoms with Crippen molar-refractivity contribution >= 4 is 12.0 Å². The summed E-state index contributed by atoms with van der Waals surface area (Å²) in [5, 5.41) is 8.64. The van der Waals surface area contributed by atoms with Crippen LogP contribution in [0.15, 0.2) is 24.3 Å². The Hall–Kier alpha value is -1.61. The smallest absolute Gasteiger partial charge is 0.308 e. The van der Waals surface area contributed by atoms with Gasteiger partial charge < -0.3 is 9.84 Å². The number of carbonyl (C=O) groups is 1. The monoisotopic (exact) mass is 206 g/mol. The number of aliphatic hydroxyl groups excluding tert-OH is 1. The molecule has 0 aliphatic carbocycles. The van der Waals surface area contributed by atoms with Gasteiger partial charge in [-0.1, -0.05) is 18.2 Å². The third-order valence-corrected chi connectivity index (χ3v) is 1.91. The van der Waals surface area contributed by atoms with Crippen LogP contribution in [0.4, 0.5) is 0 Å². The number of aryl methyl sites for hydroxylation is 1. The van der Waals surface area contributed by atoms with Crippen molar-refractivity contribution in [3.8, 4) is 5.75 Å². The van der Waals surface area contributed by atoms with Crippen LogP contribution in [0.25, 0.3) is 6.08 Å². The number of carbonyl (C=O) groups excluding carboxylic acids is 1. The molecule has 0 saturated carbocycles. The molecule has 0 fully saturated rings. The molecule has 15 heavy (non-hydrogen) atoms. The van der Waals surface area contributed by atoms with E-state index in [2.05, 4.69) is 0 Å². The van der Waals surface area contributed by atoms with Crippen LogP contribution in [0, 0.1) is 6.92 Å². The van der Waals surface area contributed by atoms with E-state index in [0.717, 1.165) is 11.1 Å². The minimum atomic E-state index is -0.326. The lowest BCUT2D eigenvalue weighted by atomic mass is 10.1. The highest BCUT2D eigenvalue weighted by molar-refractivity contribution is 5.69. The summed E-state index contributed by atoms with van der Waals surface area (Å²) >= 11 is 0. The molecular formula is C12H14O3. The van der Waals surface area contributed by atoms with Gasteiger partial charge in [0.25, 0.3) is 0 Å². The molecule has 0 radical (unpaired) electrons. The van der Waals surface area contributed by atoms with Crippen LogP contribution < -0.4 is 4.74 Å². The maximum atomic E-state index is 10.7. The average Bonchev–Trinajstić information content (AvgIpc) is 2.15. The fourth-order valence-electron chi connectivity index (χ4n) is 1.24. The van der Waals surface area contributed by atoms with Crippen molar-refractivity contribution in [1.29, 1.82) is 0 Å². The number of aliphatic hydroxyl groups is 1. The van der Waals surface area contributed by atoms with Crippen LogP contribution in [-0.4, -0.2) is 17.7 Å². The minimum Gasteiger partial charge on any atom is -0.427 e. The first-order valence-corrected chi connectivity index (χ1v) is 4.70. The largest absolute Gasteiger partial charge is 0.427 e. The zero-order chi connectivity index (χ0) is 11.3. The number of hydrogen-bond donors (Lipinski definition) is 1. The fourth-order valence-corrected chi connectivity index (χ4v) is 1.24. The van der Waals surface area contributed by atoms with E-state index in [0.29, 0.717) is 5.75 Å². The third kappa shape index (κ3) is 3.56. The Kier molecular flexibility index (Phi) is 4.06. The van der Waals surface area contributed by atoms with Crippen molar-refractivity contribution < 1.29 is 14.6 Å². The summed E-state index contributed by atoms with van der Waals surface area (Å²) in [6.07, 6.45) is 3.49. The lowest BCUT2D eigenvalue weighted by molar-refractivity contribution is -0.131. The summed E-state index contributed by atoms with van der Waals surface area (Å²) in [7, 11) is 0. The zero-order valence-corrected chi connectivity index (χ0v) is 8.86. The van der Waals surface area contributed by atoms with E-state index in [1.807, 2.05) is 19.1 Å². The maximum absolute atomic E-state index is 10.7. The molecule has 1 N–H and O–H groups in total. The van der Waals surface area contributed by atoms with Crippen LogP contribution in [0.2, 0.25) is 0 Å². The van der Waals surface area contributed by atoms with Gasteiger partial charge in [-0.15, -0.1) is 0 Å². The minimum absolute atomic E-state index is 0.0190. The van der Waals surface area contributed by atoms with Gasteiger partial charge in [0.15, 0.2) is 0 Å². The summed E-state index contributed by atoms with van der Waals surface area (Å²) < 4.78 is 4.94. The van der Waals surface area contributed by atoms with Crippen molar-refractivity contribution in [2.24, 2.45) is 0 Å². The Morgan fingerprint density at radius 3 is 2.80 bits per heavy atom. The molecule has 0 aliphatic rings. The van der Waals surface area contributed by atoms with Crippen molar-refractivity contribution in [1.82, 2.24) is 0 Å². The van der Waals surface area contributed by atoms with Gasteiger partial charge in [-0.25, -0.2) is 0 Å². The standard InChI is InChI=1S/C12H14O3/c1-9-8-12(15-10(2)14)6-5-11(9)4-3-7-13/h3-6,8,13H,7H2,1-2H3/b4-3+. The summed E-state index contributed by atoms with van der Waals surface area (Å²) in [6.45, 7) is 3.31. The van der Waals surface area contributed by atoms with Crippen LogP contribution in [0.5, 0.6) is 5.75 Å². The molecular weight excluding hydrogens is 192 g/mol. The number of ether oxygens (including phenoxy) is 1. The molecule has 0 heterocycles. The van der Waals surface area contributed by atoms with E-state index in [4.69, 9.17) is 9.84 Å². The highest BCUT2D eigenvalue weighted by Gasteiger charge is 2.00. The van der Waals surface area contributed by atoms with E-state index in [-0.39, 0.29) is 12.6 Å². The number of esters is 1. The second kappa shape index (κ2) is 5.32. The third-order valence-electron chi connectivity index (χ3n) is 1.91. The van der Waals surface area contributed by atoms with E-state index >= 15 is 0 Å². The number of benzene rings is 1. The normalized spacial score (nSPS) is 10.6. The summed E-state index contributed by atoms with van der Waals surface area (Å²) in [5.74, 6) is 0.217. The van der Waals surface area contributed by atoms with Gasteiger partial charge in [0, 0.05) is 6.92 Å². The quantitative estimate of drug-likeness (QED) is 0.607. The number of hydrogen-bond acceptors (Lipinski definition) is 3. The molecule has 0 bridgehead atoms. The van der Waals surface area contributed by atoms with E-state index in [1.165, 1.54) is 6.92 Å². The van der Waals surface area contributed by atoms with Gasteiger partial charge in [-0.3, -0.25) is 4.79 Å². The second-order valence-corrected chi connectivity index (χ2v) is 3.20. The molecule has 0 unspecified atom stereocenters. The SMILES string of the molecule is CC(=O)Oc1ccc(/C=C/CO)c(C)c1. The Balaban J connectivity index is 2.87.